The Morgan fingerprint density at radius 2 is 1.76 bits per heavy atom. The van der Waals surface area contributed by atoms with Gasteiger partial charge in [-0.05, 0) is 84.0 Å². The number of aliphatic carboxylic acids is 1. The van der Waals surface area contributed by atoms with E-state index in [-0.39, 0.29) is 17.7 Å². The van der Waals surface area contributed by atoms with Crippen LogP contribution in [0, 0.1) is 12.8 Å². The lowest BCUT2D eigenvalue weighted by Crippen LogP contribution is -2.44. The predicted octanol–water partition coefficient (Wildman–Crippen LogP) is 6.16. The van der Waals surface area contributed by atoms with Crippen molar-refractivity contribution in [3.05, 3.63) is 82.9 Å². The minimum atomic E-state index is -0.994. The molecule has 4 rings (SSSR count). The van der Waals surface area contributed by atoms with E-state index in [9.17, 15) is 19.5 Å². The summed E-state index contributed by atoms with van der Waals surface area (Å²) in [5.41, 5.74) is 5.31. The number of fused-ring (bicyclic) bond motifs is 1. The number of nitrogens with one attached hydrogen (secondary N) is 1. The maximum absolute atomic E-state index is 13.1. The van der Waals surface area contributed by atoms with Crippen LogP contribution in [-0.2, 0) is 11.3 Å². The molecule has 0 aliphatic carbocycles. The first-order chi connectivity index (χ1) is 18.2. The number of ether oxygens (including phenoxy) is 1. The molecule has 0 saturated heterocycles. The number of rotatable bonds is 10. The number of benzene rings is 3. The van der Waals surface area contributed by atoms with E-state index in [2.05, 4.69) is 12.2 Å². The van der Waals surface area contributed by atoms with Gasteiger partial charge in [0.2, 0.25) is 0 Å². The van der Waals surface area contributed by atoms with E-state index < -0.39 is 12.0 Å². The largest absolute Gasteiger partial charge is 0.494 e. The van der Waals surface area contributed by atoms with Crippen LogP contribution in [0.3, 0.4) is 0 Å². The van der Waals surface area contributed by atoms with Crippen LogP contribution in [0.1, 0.15) is 65.5 Å². The molecule has 2 amide bonds. The second-order valence-electron chi connectivity index (χ2n) is 10.0. The number of carboxylic acids is 1. The van der Waals surface area contributed by atoms with E-state index in [1.54, 1.807) is 24.3 Å². The molecule has 1 aliphatic heterocycles. The van der Waals surface area contributed by atoms with Crippen molar-refractivity contribution in [2.45, 2.75) is 53.1 Å². The molecular formula is C31H34N2O5. The molecule has 198 valence electrons. The van der Waals surface area contributed by atoms with E-state index >= 15 is 0 Å². The zero-order valence-corrected chi connectivity index (χ0v) is 22.3. The highest BCUT2D eigenvalue weighted by molar-refractivity contribution is 6.04. The van der Waals surface area contributed by atoms with Crippen LogP contribution in [0.2, 0.25) is 0 Å². The Morgan fingerprint density at radius 3 is 2.39 bits per heavy atom. The molecule has 7 nitrogen and oxygen atoms in total. The second-order valence-corrected chi connectivity index (χ2v) is 10.0. The van der Waals surface area contributed by atoms with Crippen molar-refractivity contribution >= 4 is 23.5 Å². The van der Waals surface area contributed by atoms with Gasteiger partial charge in [0, 0.05) is 23.4 Å². The lowest BCUT2D eigenvalue weighted by Gasteiger charge is -2.27. The number of carbonyl (C=O) groups is 3. The van der Waals surface area contributed by atoms with Crippen molar-refractivity contribution < 1.29 is 24.2 Å². The molecule has 0 bridgehead atoms. The number of unbranched alkanes of at least 4 members (excludes halogenated alkanes) is 1. The Kier molecular flexibility index (Phi) is 8.15. The molecule has 1 atom stereocenters. The fourth-order valence-electron chi connectivity index (χ4n) is 4.80. The fourth-order valence-corrected chi connectivity index (χ4v) is 4.80. The van der Waals surface area contributed by atoms with Crippen LogP contribution < -0.4 is 10.1 Å². The lowest BCUT2D eigenvalue weighted by molar-refractivity contribution is -0.144. The lowest BCUT2D eigenvalue weighted by atomic mass is 9.96. The summed E-state index contributed by atoms with van der Waals surface area (Å²) >= 11 is 0. The molecule has 0 saturated carbocycles. The molecule has 3 aromatic rings. The molecule has 3 aromatic carbocycles. The zero-order valence-electron chi connectivity index (χ0n) is 22.3. The predicted molar refractivity (Wildman–Crippen MR) is 148 cm³/mol. The topological polar surface area (TPSA) is 95.9 Å². The summed E-state index contributed by atoms with van der Waals surface area (Å²) in [4.78, 5) is 39.1. The van der Waals surface area contributed by atoms with Crippen molar-refractivity contribution in [2.24, 2.45) is 5.92 Å². The highest BCUT2D eigenvalue weighted by atomic mass is 16.5. The van der Waals surface area contributed by atoms with Crippen molar-refractivity contribution in [3.8, 4) is 16.9 Å². The van der Waals surface area contributed by atoms with E-state index in [4.69, 9.17) is 4.74 Å². The first-order valence-corrected chi connectivity index (χ1v) is 13.0. The maximum atomic E-state index is 13.1. The number of amides is 2. The molecule has 0 aromatic heterocycles. The van der Waals surface area contributed by atoms with Crippen molar-refractivity contribution in [1.82, 2.24) is 4.90 Å². The van der Waals surface area contributed by atoms with Crippen molar-refractivity contribution in [2.75, 3.05) is 11.9 Å². The van der Waals surface area contributed by atoms with Gasteiger partial charge in [0.1, 0.15) is 11.8 Å². The smallest absolute Gasteiger partial charge is 0.326 e. The monoisotopic (exact) mass is 514 g/mol. The van der Waals surface area contributed by atoms with Gasteiger partial charge in [-0.25, -0.2) is 4.79 Å². The molecular weight excluding hydrogens is 480 g/mol. The van der Waals surface area contributed by atoms with Gasteiger partial charge in [-0.3, -0.25) is 9.59 Å². The molecule has 0 spiro atoms. The Balaban J connectivity index is 1.47. The number of hydrogen-bond donors (Lipinski definition) is 2. The van der Waals surface area contributed by atoms with Crippen LogP contribution in [0.5, 0.6) is 5.75 Å². The molecule has 1 heterocycles. The number of carboxylic acid groups (broad SMARTS) is 1. The van der Waals surface area contributed by atoms with E-state index in [0.29, 0.717) is 30.0 Å². The Bertz CT molecular complexity index is 1350. The number of hydrogen-bond acceptors (Lipinski definition) is 4. The quantitative estimate of drug-likeness (QED) is 0.316. The zero-order chi connectivity index (χ0) is 27.4. The normalized spacial score (nSPS) is 13.4. The molecule has 2 N–H and O–H groups in total. The summed E-state index contributed by atoms with van der Waals surface area (Å²) in [6.07, 6.45) is 2.05. The van der Waals surface area contributed by atoms with Gasteiger partial charge in [0.25, 0.3) is 11.8 Å². The Hall–Kier alpha value is -4.13. The van der Waals surface area contributed by atoms with Crippen LogP contribution in [0.15, 0.2) is 60.7 Å². The maximum Gasteiger partial charge on any atom is 0.326 e. The van der Waals surface area contributed by atoms with Crippen LogP contribution in [0.4, 0.5) is 5.69 Å². The van der Waals surface area contributed by atoms with Gasteiger partial charge < -0.3 is 20.1 Å². The Morgan fingerprint density at radius 1 is 1.03 bits per heavy atom. The SMILES string of the molecule is CCCCOc1ccc(C(=O)Nc2ccc(-c3ccc4c(c3)C(=O)N([C@H](C(=O)O)C(C)C)C4)c(C)c2)cc1. The minimum absolute atomic E-state index is 0.202. The van der Waals surface area contributed by atoms with Gasteiger partial charge in [0.15, 0.2) is 0 Å². The van der Waals surface area contributed by atoms with Gasteiger partial charge in [-0.1, -0.05) is 45.4 Å². The third-order valence-electron chi connectivity index (χ3n) is 6.84. The number of carbonyl (C=O) groups excluding carboxylic acids is 2. The van der Waals surface area contributed by atoms with Gasteiger partial charge in [-0.15, -0.1) is 0 Å². The number of aryl methyl sites for hydroxylation is 1. The minimum Gasteiger partial charge on any atom is -0.494 e. The van der Waals surface area contributed by atoms with Crippen molar-refractivity contribution in [1.29, 1.82) is 0 Å². The summed E-state index contributed by atoms with van der Waals surface area (Å²) < 4.78 is 5.66. The molecule has 7 heteroatoms. The molecule has 38 heavy (non-hydrogen) atoms. The first kappa shape index (κ1) is 26.9. The standard InChI is InChI=1S/C31H34N2O5/c1-5-6-15-38-25-12-9-21(10-13-25)29(34)32-24-11-14-26(20(4)16-24)22-7-8-23-18-33(30(35)27(23)17-22)28(19(2)3)31(36)37/h7-14,16-17,19,28H,5-6,15,18H2,1-4H3,(H,32,34)(H,36,37)/t28-/m0/s1. The summed E-state index contributed by atoms with van der Waals surface area (Å²) in [6, 6.07) is 17.6. The summed E-state index contributed by atoms with van der Waals surface area (Å²) in [5.74, 6) is -0.919. The number of nitrogens with zero attached hydrogens (tertiary/aromatic N) is 1. The highest BCUT2D eigenvalue weighted by Crippen LogP contribution is 2.33. The van der Waals surface area contributed by atoms with E-state index in [1.807, 2.05) is 57.2 Å². The average Bonchev–Trinajstić information content (AvgIpc) is 3.19. The van der Waals surface area contributed by atoms with Crippen LogP contribution in [-0.4, -0.2) is 40.4 Å². The van der Waals surface area contributed by atoms with Crippen molar-refractivity contribution in [3.63, 3.8) is 0 Å². The summed E-state index contributed by atoms with van der Waals surface area (Å²) in [6.45, 7) is 8.62. The summed E-state index contributed by atoms with van der Waals surface area (Å²) in [7, 11) is 0. The number of anilines is 1. The van der Waals surface area contributed by atoms with Gasteiger partial charge >= 0.3 is 5.97 Å². The highest BCUT2D eigenvalue weighted by Gasteiger charge is 2.38. The molecule has 0 unspecified atom stereocenters. The third-order valence-corrected chi connectivity index (χ3v) is 6.84. The molecule has 0 fully saturated rings. The van der Waals surface area contributed by atoms with Gasteiger partial charge in [-0.2, -0.15) is 0 Å². The molecule has 0 radical (unpaired) electrons. The second kappa shape index (κ2) is 11.5. The van der Waals surface area contributed by atoms with E-state index in [1.165, 1.54) is 4.90 Å². The third kappa shape index (κ3) is 5.72. The van der Waals surface area contributed by atoms with Crippen LogP contribution >= 0.6 is 0 Å². The fraction of sp³-hybridized carbons (Fsp3) is 0.323. The average molecular weight is 515 g/mol. The van der Waals surface area contributed by atoms with Gasteiger partial charge in [0.05, 0.1) is 6.61 Å². The first-order valence-electron chi connectivity index (χ1n) is 13.0. The van der Waals surface area contributed by atoms with E-state index in [0.717, 1.165) is 40.8 Å². The molecule has 1 aliphatic rings. The Labute approximate surface area is 223 Å². The van der Waals surface area contributed by atoms with Crippen LogP contribution in [0.25, 0.3) is 11.1 Å². The summed E-state index contributed by atoms with van der Waals surface area (Å²) in [5, 5.41) is 12.6.